The van der Waals surface area contributed by atoms with Gasteiger partial charge in [0, 0.05) is 24.4 Å². The van der Waals surface area contributed by atoms with Gasteiger partial charge in [-0.05, 0) is 34.9 Å². The molecule has 2 aromatic carbocycles. The molecule has 5 rings (SSSR count). The zero-order valence-corrected chi connectivity index (χ0v) is 14.6. The first-order chi connectivity index (χ1) is 13.2. The van der Waals surface area contributed by atoms with Crippen molar-refractivity contribution in [1.29, 1.82) is 0 Å². The van der Waals surface area contributed by atoms with Crippen LogP contribution in [-0.2, 0) is 6.42 Å². The Labute approximate surface area is 156 Å². The van der Waals surface area contributed by atoms with E-state index in [1.54, 1.807) is 6.20 Å². The van der Waals surface area contributed by atoms with E-state index in [1.807, 2.05) is 18.3 Å². The highest BCUT2D eigenvalue weighted by Crippen LogP contribution is 2.38. The van der Waals surface area contributed by atoms with Crippen molar-refractivity contribution in [2.24, 2.45) is 0 Å². The molecule has 5 nitrogen and oxygen atoms in total. The molecule has 0 bridgehead atoms. The predicted octanol–water partition coefficient (Wildman–Crippen LogP) is 4.12. The quantitative estimate of drug-likeness (QED) is 0.567. The van der Waals surface area contributed by atoms with E-state index in [4.69, 9.17) is 5.73 Å². The van der Waals surface area contributed by atoms with Crippen molar-refractivity contribution in [2.75, 3.05) is 5.73 Å². The maximum absolute atomic E-state index is 12.7. The minimum absolute atomic E-state index is 0.0701. The summed E-state index contributed by atoms with van der Waals surface area (Å²) in [5.41, 5.74) is 11.7. The number of fused-ring (bicyclic) bond motifs is 2. The van der Waals surface area contributed by atoms with Gasteiger partial charge >= 0.3 is 0 Å². The molecule has 0 saturated carbocycles. The van der Waals surface area contributed by atoms with E-state index >= 15 is 0 Å². The van der Waals surface area contributed by atoms with Crippen molar-refractivity contribution in [1.82, 2.24) is 15.0 Å². The third-order valence-electron chi connectivity index (χ3n) is 5.34. The fourth-order valence-electron chi connectivity index (χ4n) is 4.09. The number of nitrogens with zero attached hydrogens (tertiary/aromatic N) is 2. The fourth-order valence-corrected chi connectivity index (χ4v) is 4.09. The molecule has 132 valence electrons. The molecule has 1 atom stereocenters. The Balaban J connectivity index is 1.63. The molecule has 4 aromatic rings. The third kappa shape index (κ3) is 2.59. The second-order valence-corrected chi connectivity index (χ2v) is 6.95. The number of nitrogens with two attached hydrogens (primary N) is 1. The summed E-state index contributed by atoms with van der Waals surface area (Å²) in [4.78, 5) is 24.3. The van der Waals surface area contributed by atoms with Crippen molar-refractivity contribution < 1.29 is 4.79 Å². The standard InChI is InChI=1S/C22H18N4O/c23-22-25-12-18-19(26-22)10-14(11-20(18)27)15-5-1-2-6-16(15)17-7-3-4-13-8-9-24-21(13)17/h1-9,12,14,24H,10-11H2,(H2,23,25,26). The molecule has 0 spiro atoms. The summed E-state index contributed by atoms with van der Waals surface area (Å²) in [5, 5.41) is 1.17. The molecular weight excluding hydrogens is 336 g/mol. The summed E-state index contributed by atoms with van der Waals surface area (Å²) in [5.74, 6) is 0.362. The van der Waals surface area contributed by atoms with Crippen LogP contribution in [-0.4, -0.2) is 20.7 Å². The molecule has 2 aromatic heterocycles. The SMILES string of the molecule is Nc1ncc2c(n1)CC(c1ccccc1-c1cccc3cc[nH]c13)CC2=O. The van der Waals surface area contributed by atoms with E-state index in [-0.39, 0.29) is 17.6 Å². The maximum Gasteiger partial charge on any atom is 0.220 e. The monoisotopic (exact) mass is 354 g/mol. The molecule has 2 heterocycles. The number of aromatic nitrogens is 3. The second kappa shape index (κ2) is 6.06. The molecule has 1 aliphatic rings. The minimum Gasteiger partial charge on any atom is -0.368 e. The Bertz CT molecular complexity index is 1180. The molecule has 0 amide bonds. The smallest absolute Gasteiger partial charge is 0.220 e. The van der Waals surface area contributed by atoms with E-state index in [0.717, 1.165) is 27.9 Å². The van der Waals surface area contributed by atoms with Crippen LogP contribution in [0.3, 0.4) is 0 Å². The average molecular weight is 354 g/mol. The van der Waals surface area contributed by atoms with E-state index in [2.05, 4.69) is 51.4 Å². The fraction of sp³-hybridized carbons (Fsp3) is 0.136. The van der Waals surface area contributed by atoms with Crippen molar-refractivity contribution in [3.8, 4) is 11.1 Å². The molecule has 0 saturated heterocycles. The van der Waals surface area contributed by atoms with Crippen LogP contribution < -0.4 is 5.73 Å². The van der Waals surface area contributed by atoms with Crippen molar-refractivity contribution in [3.05, 3.63) is 77.7 Å². The number of Topliss-reactive ketones (excluding diaryl/α,β-unsaturated/α-hetero) is 1. The lowest BCUT2D eigenvalue weighted by molar-refractivity contribution is 0.0963. The molecule has 3 N–H and O–H groups in total. The number of nitrogen functional groups attached to an aromatic ring is 1. The third-order valence-corrected chi connectivity index (χ3v) is 5.34. The first-order valence-corrected chi connectivity index (χ1v) is 9.00. The van der Waals surface area contributed by atoms with Crippen LogP contribution in [0.4, 0.5) is 5.95 Å². The van der Waals surface area contributed by atoms with Crippen LogP contribution in [0.1, 0.15) is 34.0 Å². The minimum atomic E-state index is 0.0701. The van der Waals surface area contributed by atoms with E-state index in [1.165, 1.54) is 5.39 Å². The zero-order valence-electron chi connectivity index (χ0n) is 14.6. The summed E-state index contributed by atoms with van der Waals surface area (Å²) >= 11 is 0. The zero-order chi connectivity index (χ0) is 18.4. The van der Waals surface area contributed by atoms with Crippen LogP contribution >= 0.6 is 0 Å². The number of rotatable bonds is 2. The summed E-state index contributed by atoms with van der Waals surface area (Å²) in [7, 11) is 0. The highest BCUT2D eigenvalue weighted by Gasteiger charge is 2.29. The van der Waals surface area contributed by atoms with Gasteiger partial charge in [-0.1, -0.05) is 42.5 Å². The number of aromatic amines is 1. The number of carbonyl (C=O) groups excluding carboxylic acids is 1. The Hall–Kier alpha value is -3.47. The molecule has 0 aliphatic heterocycles. The normalized spacial score (nSPS) is 16.4. The number of para-hydroxylation sites is 1. The number of H-pyrrole nitrogens is 1. The van der Waals surface area contributed by atoms with Crippen LogP contribution in [0.15, 0.2) is 60.9 Å². The molecule has 5 heteroatoms. The summed E-state index contributed by atoms with van der Waals surface area (Å²) in [6.07, 6.45) is 4.65. The number of benzene rings is 2. The highest BCUT2D eigenvalue weighted by atomic mass is 16.1. The van der Waals surface area contributed by atoms with Crippen LogP contribution in [0.2, 0.25) is 0 Å². The first-order valence-electron chi connectivity index (χ1n) is 9.00. The number of nitrogens with one attached hydrogen (secondary N) is 1. The molecule has 27 heavy (non-hydrogen) atoms. The molecule has 1 unspecified atom stereocenters. The van der Waals surface area contributed by atoms with Crippen molar-refractivity contribution in [3.63, 3.8) is 0 Å². The topological polar surface area (TPSA) is 84.7 Å². The van der Waals surface area contributed by atoms with Gasteiger partial charge in [0.15, 0.2) is 5.78 Å². The highest BCUT2D eigenvalue weighted by molar-refractivity contribution is 5.99. The van der Waals surface area contributed by atoms with Gasteiger partial charge in [0.05, 0.1) is 16.8 Å². The number of anilines is 1. The molecular formula is C22H18N4O. The van der Waals surface area contributed by atoms with Crippen molar-refractivity contribution in [2.45, 2.75) is 18.8 Å². The van der Waals surface area contributed by atoms with Crippen LogP contribution in [0.25, 0.3) is 22.0 Å². The molecule has 0 radical (unpaired) electrons. The second-order valence-electron chi connectivity index (χ2n) is 6.95. The molecule has 0 fully saturated rings. The summed E-state index contributed by atoms with van der Waals surface area (Å²) in [6, 6.07) is 16.7. The molecule has 1 aliphatic carbocycles. The summed E-state index contributed by atoms with van der Waals surface area (Å²) in [6.45, 7) is 0. The van der Waals surface area contributed by atoms with Gasteiger partial charge in [-0.15, -0.1) is 0 Å². The Morgan fingerprint density at radius 2 is 1.81 bits per heavy atom. The number of hydrogen-bond acceptors (Lipinski definition) is 4. The van der Waals surface area contributed by atoms with Crippen LogP contribution in [0, 0.1) is 0 Å². The van der Waals surface area contributed by atoms with E-state index in [9.17, 15) is 4.79 Å². The maximum atomic E-state index is 12.7. The number of hydrogen-bond donors (Lipinski definition) is 2. The lowest BCUT2D eigenvalue weighted by Gasteiger charge is -2.25. The first kappa shape index (κ1) is 15.8. The van der Waals surface area contributed by atoms with Gasteiger partial charge < -0.3 is 10.7 Å². The predicted molar refractivity (Wildman–Crippen MR) is 106 cm³/mol. The van der Waals surface area contributed by atoms with Gasteiger partial charge in [-0.3, -0.25) is 4.79 Å². The van der Waals surface area contributed by atoms with Crippen molar-refractivity contribution >= 4 is 22.6 Å². The Morgan fingerprint density at radius 1 is 0.963 bits per heavy atom. The Kier molecular flexibility index (Phi) is 3.53. The van der Waals surface area contributed by atoms with Gasteiger partial charge in [-0.2, -0.15) is 0 Å². The van der Waals surface area contributed by atoms with Gasteiger partial charge in [0.2, 0.25) is 5.95 Å². The van der Waals surface area contributed by atoms with Gasteiger partial charge in [0.1, 0.15) is 0 Å². The van der Waals surface area contributed by atoms with E-state index < -0.39 is 0 Å². The number of carbonyl (C=O) groups is 1. The number of ketones is 1. The largest absolute Gasteiger partial charge is 0.368 e. The Morgan fingerprint density at radius 3 is 2.74 bits per heavy atom. The van der Waals surface area contributed by atoms with E-state index in [0.29, 0.717) is 18.4 Å². The summed E-state index contributed by atoms with van der Waals surface area (Å²) < 4.78 is 0. The van der Waals surface area contributed by atoms with Crippen LogP contribution in [0.5, 0.6) is 0 Å². The van der Waals surface area contributed by atoms with Gasteiger partial charge in [-0.25, -0.2) is 9.97 Å². The lowest BCUT2D eigenvalue weighted by atomic mass is 9.79. The van der Waals surface area contributed by atoms with Gasteiger partial charge in [0.25, 0.3) is 0 Å². The average Bonchev–Trinajstić information content (AvgIpc) is 3.16. The lowest BCUT2D eigenvalue weighted by Crippen LogP contribution is -2.21.